The molecule has 1 atom stereocenters. The number of rotatable bonds is 11. The summed E-state index contributed by atoms with van der Waals surface area (Å²) in [7, 11) is 7.25. The van der Waals surface area contributed by atoms with Gasteiger partial charge in [-0.25, -0.2) is 4.98 Å². The van der Waals surface area contributed by atoms with E-state index in [-0.39, 0.29) is 11.8 Å². The van der Waals surface area contributed by atoms with Crippen LogP contribution in [0.1, 0.15) is 25.3 Å². The first-order valence-corrected chi connectivity index (χ1v) is 12.4. The first-order valence-electron chi connectivity index (χ1n) is 12.4. The fourth-order valence-electron chi connectivity index (χ4n) is 3.41. The van der Waals surface area contributed by atoms with Gasteiger partial charge in [0.2, 0.25) is 17.8 Å². The zero-order chi connectivity index (χ0) is 27.5. The Morgan fingerprint density at radius 3 is 2.79 bits per heavy atom. The van der Waals surface area contributed by atoms with Gasteiger partial charge in [0.05, 0.1) is 23.5 Å². The van der Waals surface area contributed by atoms with Crippen LogP contribution < -0.4 is 16.0 Å². The van der Waals surface area contributed by atoms with Gasteiger partial charge in [-0.3, -0.25) is 14.7 Å². The Morgan fingerprint density at radius 1 is 1.21 bits per heavy atom. The molecule has 11 nitrogen and oxygen atoms in total. The van der Waals surface area contributed by atoms with Crippen molar-refractivity contribution < 1.29 is 9.59 Å². The van der Waals surface area contributed by atoms with Gasteiger partial charge in [0.15, 0.2) is 0 Å². The number of aromatic amines is 1. The summed E-state index contributed by atoms with van der Waals surface area (Å²) in [5.74, 6) is 6.87. The number of nitrogens with one attached hydrogen (secondary N) is 4. The molecule has 0 fully saturated rings. The van der Waals surface area contributed by atoms with E-state index in [1.165, 1.54) is 11.0 Å². The van der Waals surface area contributed by atoms with Crippen LogP contribution in [0, 0.1) is 11.8 Å². The fraction of sp³-hybridized carbons (Fsp3) is 0.370. The first kappa shape index (κ1) is 28.1. The summed E-state index contributed by atoms with van der Waals surface area (Å²) in [6.07, 6.45) is 7.97. The average molecular weight is 518 g/mol. The molecule has 200 valence electrons. The molecule has 0 saturated heterocycles. The third-order valence-corrected chi connectivity index (χ3v) is 5.76. The van der Waals surface area contributed by atoms with Crippen LogP contribution in [0.2, 0.25) is 0 Å². The van der Waals surface area contributed by atoms with E-state index in [0.29, 0.717) is 43.3 Å². The molecule has 0 aliphatic heterocycles. The highest BCUT2D eigenvalue weighted by Gasteiger charge is 2.20. The molecular formula is C27H35N9O2. The molecule has 0 bridgehead atoms. The van der Waals surface area contributed by atoms with E-state index in [9.17, 15) is 9.59 Å². The molecule has 1 aromatic carbocycles. The van der Waals surface area contributed by atoms with Crippen molar-refractivity contribution >= 4 is 40.2 Å². The van der Waals surface area contributed by atoms with E-state index >= 15 is 0 Å². The van der Waals surface area contributed by atoms with Crippen LogP contribution >= 0.6 is 0 Å². The lowest BCUT2D eigenvalue weighted by Crippen LogP contribution is -2.45. The molecule has 4 N–H and O–H groups in total. The van der Waals surface area contributed by atoms with Crippen molar-refractivity contribution in [3.63, 3.8) is 0 Å². The molecule has 0 aliphatic carbocycles. The summed E-state index contributed by atoms with van der Waals surface area (Å²) in [6.45, 7) is 2.84. The van der Waals surface area contributed by atoms with Crippen molar-refractivity contribution in [2.24, 2.45) is 0 Å². The predicted octanol–water partition coefficient (Wildman–Crippen LogP) is 2.35. The van der Waals surface area contributed by atoms with Crippen LogP contribution in [0.3, 0.4) is 0 Å². The van der Waals surface area contributed by atoms with Crippen molar-refractivity contribution in [3.8, 4) is 11.8 Å². The van der Waals surface area contributed by atoms with Gasteiger partial charge in [0, 0.05) is 50.8 Å². The number of aromatic nitrogens is 4. The Hall–Kier alpha value is -4.43. The highest BCUT2D eigenvalue weighted by Crippen LogP contribution is 2.20. The van der Waals surface area contributed by atoms with Crippen molar-refractivity contribution in [3.05, 3.63) is 48.3 Å². The second kappa shape index (κ2) is 13.8. The van der Waals surface area contributed by atoms with Gasteiger partial charge in [-0.05, 0) is 45.6 Å². The maximum Gasteiger partial charge on any atom is 0.246 e. The van der Waals surface area contributed by atoms with E-state index in [0.717, 1.165) is 16.6 Å². The Balaban J connectivity index is 1.46. The van der Waals surface area contributed by atoms with Gasteiger partial charge in [-0.2, -0.15) is 10.1 Å². The monoisotopic (exact) mass is 517 g/mol. The zero-order valence-corrected chi connectivity index (χ0v) is 22.5. The highest BCUT2D eigenvalue weighted by molar-refractivity contribution is 5.92. The quantitative estimate of drug-likeness (QED) is 0.173. The number of H-pyrrole nitrogens is 1. The number of carbonyl (C=O) groups excluding carboxylic acids is 2. The van der Waals surface area contributed by atoms with Crippen LogP contribution in [0.4, 0.5) is 17.5 Å². The summed E-state index contributed by atoms with van der Waals surface area (Å²) in [5, 5.41) is 17.1. The fourth-order valence-corrected chi connectivity index (χ4v) is 3.41. The minimum atomic E-state index is -0.568. The van der Waals surface area contributed by atoms with Crippen molar-refractivity contribution in [2.75, 3.05) is 51.9 Å². The van der Waals surface area contributed by atoms with Crippen LogP contribution in [0.5, 0.6) is 0 Å². The van der Waals surface area contributed by atoms with Crippen molar-refractivity contribution in [1.82, 2.24) is 35.3 Å². The number of likely N-dealkylation sites (N-methyl/N-ethyl adjacent to an activating group) is 2. The minimum Gasteiger partial charge on any atom is -0.372 e. The molecule has 0 aliphatic rings. The van der Waals surface area contributed by atoms with Crippen molar-refractivity contribution in [1.29, 1.82) is 0 Å². The molecule has 2 amide bonds. The maximum atomic E-state index is 12.4. The molecule has 3 rings (SSSR count). The van der Waals surface area contributed by atoms with Gasteiger partial charge in [-0.15, -0.1) is 0 Å². The van der Waals surface area contributed by atoms with Crippen LogP contribution in [0.15, 0.2) is 42.7 Å². The number of fused-ring (bicyclic) bond motifs is 1. The van der Waals surface area contributed by atoms with E-state index in [2.05, 4.69) is 48.0 Å². The Kier molecular flexibility index (Phi) is 10.2. The Labute approximate surface area is 223 Å². The standard InChI is InChI=1S/C27H35N9O2/c1-19(36(5)24(37)11-9-15-35(3)4)26(38)29-14-8-6-7-10-21-17-30-27(33-25(21)28-2)32-22-13-12-20-18-31-34-23(20)16-22/h9,11-13,16-19H,6,8,14-15H2,1-5H3,(H,29,38)(H,31,34)(H2,28,30,32,33)/b11-9+/t19-/m0/s1. The van der Waals surface area contributed by atoms with Gasteiger partial charge in [0.1, 0.15) is 11.9 Å². The molecule has 0 unspecified atom stereocenters. The summed E-state index contributed by atoms with van der Waals surface area (Å²) in [5.41, 5.74) is 2.45. The Bertz CT molecular complexity index is 1340. The number of nitrogens with zero attached hydrogens (tertiary/aromatic N) is 5. The smallest absolute Gasteiger partial charge is 0.246 e. The van der Waals surface area contributed by atoms with Gasteiger partial charge >= 0.3 is 0 Å². The number of hydrogen-bond donors (Lipinski definition) is 4. The lowest BCUT2D eigenvalue weighted by atomic mass is 10.2. The molecule has 0 radical (unpaired) electrons. The summed E-state index contributed by atoms with van der Waals surface area (Å²) < 4.78 is 0. The zero-order valence-electron chi connectivity index (χ0n) is 22.5. The van der Waals surface area contributed by atoms with E-state index in [4.69, 9.17) is 0 Å². The molecule has 3 aromatic rings. The molecule has 0 saturated carbocycles. The normalized spacial score (nSPS) is 11.7. The number of carbonyl (C=O) groups is 2. The molecular weight excluding hydrogens is 482 g/mol. The third kappa shape index (κ3) is 8.04. The van der Waals surface area contributed by atoms with Crippen LogP contribution in [0.25, 0.3) is 10.9 Å². The van der Waals surface area contributed by atoms with Crippen LogP contribution in [-0.4, -0.2) is 89.1 Å². The number of unbranched alkanes of at least 4 members (excludes halogenated alkanes) is 1. The lowest BCUT2D eigenvalue weighted by Gasteiger charge is -2.23. The van der Waals surface area contributed by atoms with Gasteiger partial charge in [-0.1, -0.05) is 17.9 Å². The third-order valence-electron chi connectivity index (χ3n) is 5.76. The summed E-state index contributed by atoms with van der Waals surface area (Å²) in [6, 6.07) is 5.28. The summed E-state index contributed by atoms with van der Waals surface area (Å²) >= 11 is 0. The number of amides is 2. The Morgan fingerprint density at radius 2 is 2.03 bits per heavy atom. The maximum absolute atomic E-state index is 12.4. The number of anilines is 3. The second-order valence-electron chi connectivity index (χ2n) is 8.99. The lowest BCUT2D eigenvalue weighted by molar-refractivity contribution is -0.135. The molecule has 38 heavy (non-hydrogen) atoms. The van der Waals surface area contributed by atoms with E-state index < -0.39 is 6.04 Å². The number of hydrogen-bond acceptors (Lipinski definition) is 8. The largest absolute Gasteiger partial charge is 0.372 e. The first-order chi connectivity index (χ1) is 18.3. The number of benzene rings is 1. The molecule has 2 aromatic heterocycles. The van der Waals surface area contributed by atoms with Gasteiger partial charge in [0.25, 0.3) is 0 Å². The second-order valence-corrected chi connectivity index (χ2v) is 8.99. The van der Waals surface area contributed by atoms with Gasteiger partial charge < -0.3 is 25.8 Å². The highest BCUT2D eigenvalue weighted by atomic mass is 16.2. The molecule has 2 heterocycles. The SMILES string of the molecule is CNc1nc(Nc2ccc3cn[nH]c3c2)ncc1C#CCCCNC(=O)[C@H](C)N(C)C(=O)/C=C/CN(C)C. The summed E-state index contributed by atoms with van der Waals surface area (Å²) in [4.78, 5) is 36.9. The van der Waals surface area contributed by atoms with Crippen molar-refractivity contribution in [2.45, 2.75) is 25.8 Å². The van der Waals surface area contributed by atoms with E-state index in [1.54, 1.807) is 39.5 Å². The predicted molar refractivity (Wildman–Crippen MR) is 150 cm³/mol. The topological polar surface area (TPSA) is 131 Å². The molecule has 11 heteroatoms. The average Bonchev–Trinajstić information content (AvgIpc) is 3.37. The van der Waals surface area contributed by atoms with Crippen LogP contribution in [-0.2, 0) is 9.59 Å². The van der Waals surface area contributed by atoms with E-state index in [1.807, 2.05) is 37.2 Å². The minimum absolute atomic E-state index is 0.199. The molecule has 0 spiro atoms.